The minimum absolute atomic E-state index is 0.00130. The Bertz CT molecular complexity index is 179. The summed E-state index contributed by atoms with van der Waals surface area (Å²) in [6.07, 6.45) is 0.615. The van der Waals surface area contributed by atoms with E-state index in [1.54, 1.807) is 11.9 Å². The van der Waals surface area contributed by atoms with E-state index in [2.05, 4.69) is 0 Å². The molecule has 12 heavy (non-hydrogen) atoms. The summed E-state index contributed by atoms with van der Waals surface area (Å²) >= 11 is 0. The Kier molecular flexibility index (Phi) is 4.33. The van der Waals surface area contributed by atoms with Gasteiger partial charge in [0.05, 0.1) is 0 Å². The SMILES string of the molecule is CC(=O)N(C)C(C)CCC(=O)O. The van der Waals surface area contributed by atoms with Crippen LogP contribution in [-0.4, -0.2) is 35.0 Å². The van der Waals surface area contributed by atoms with E-state index in [0.29, 0.717) is 6.42 Å². The van der Waals surface area contributed by atoms with Gasteiger partial charge in [0.2, 0.25) is 5.91 Å². The Morgan fingerprint density at radius 3 is 2.33 bits per heavy atom. The van der Waals surface area contributed by atoms with Gasteiger partial charge in [0.1, 0.15) is 0 Å². The molecule has 0 heterocycles. The van der Waals surface area contributed by atoms with Gasteiger partial charge < -0.3 is 10.0 Å². The Morgan fingerprint density at radius 1 is 1.50 bits per heavy atom. The average Bonchev–Trinajstić information content (AvgIpc) is 1.98. The molecule has 1 atom stereocenters. The third-order valence-electron chi connectivity index (χ3n) is 1.93. The van der Waals surface area contributed by atoms with Crippen molar-refractivity contribution in [3.63, 3.8) is 0 Å². The summed E-state index contributed by atoms with van der Waals surface area (Å²) in [6.45, 7) is 3.31. The standard InChI is InChI=1S/C8H15NO3/c1-6(4-5-8(11)12)9(3)7(2)10/h6H,4-5H2,1-3H3,(H,11,12). The molecular formula is C8H15NO3. The van der Waals surface area contributed by atoms with E-state index in [1.807, 2.05) is 6.92 Å². The third kappa shape index (κ3) is 3.95. The first-order valence-electron chi connectivity index (χ1n) is 3.90. The molecule has 0 rings (SSSR count). The number of carbonyl (C=O) groups is 2. The number of hydrogen-bond donors (Lipinski definition) is 1. The summed E-state index contributed by atoms with van der Waals surface area (Å²) in [5, 5.41) is 8.38. The quantitative estimate of drug-likeness (QED) is 0.681. The van der Waals surface area contributed by atoms with Gasteiger partial charge in [-0.05, 0) is 13.3 Å². The molecule has 0 saturated carbocycles. The molecule has 4 nitrogen and oxygen atoms in total. The zero-order valence-electron chi connectivity index (χ0n) is 7.70. The summed E-state index contributed by atoms with van der Waals surface area (Å²) < 4.78 is 0. The number of carboxylic acid groups (broad SMARTS) is 1. The number of nitrogens with zero attached hydrogens (tertiary/aromatic N) is 1. The molecule has 0 saturated heterocycles. The fourth-order valence-corrected chi connectivity index (χ4v) is 0.836. The molecule has 0 aliphatic rings. The van der Waals surface area contributed by atoms with E-state index in [4.69, 9.17) is 5.11 Å². The zero-order valence-corrected chi connectivity index (χ0v) is 7.70. The molecule has 0 spiro atoms. The molecule has 0 aromatic rings. The largest absolute Gasteiger partial charge is 0.481 e. The minimum Gasteiger partial charge on any atom is -0.481 e. The maximum absolute atomic E-state index is 10.8. The molecule has 0 aliphatic heterocycles. The lowest BCUT2D eigenvalue weighted by molar-refractivity contribution is -0.138. The topological polar surface area (TPSA) is 57.6 Å². The van der Waals surface area contributed by atoms with Crippen molar-refractivity contribution < 1.29 is 14.7 Å². The van der Waals surface area contributed by atoms with E-state index >= 15 is 0 Å². The highest BCUT2D eigenvalue weighted by Gasteiger charge is 2.12. The fourth-order valence-electron chi connectivity index (χ4n) is 0.836. The molecule has 0 bridgehead atoms. The van der Waals surface area contributed by atoms with Crippen LogP contribution in [0.25, 0.3) is 0 Å². The van der Waals surface area contributed by atoms with Crippen LogP contribution in [0.1, 0.15) is 26.7 Å². The third-order valence-corrected chi connectivity index (χ3v) is 1.93. The number of aliphatic carboxylic acids is 1. The molecule has 0 aliphatic carbocycles. The maximum atomic E-state index is 10.8. The average molecular weight is 173 g/mol. The summed E-state index contributed by atoms with van der Waals surface area (Å²) in [5.74, 6) is -0.855. The molecule has 0 aromatic heterocycles. The van der Waals surface area contributed by atoms with Crippen LogP contribution in [0.5, 0.6) is 0 Å². The van der Waals surface area contributed by atoms with Crippen molar-refractivity contribution in [1.29, 1.82) is 0 Å². The lowest BCUT2D eigenvalue weighted by Gasteiger charge is -2.22. The van der Waals surface area contributed by atoms with Crippen LogP contribution in [0.15, 0.2) is 0 Å². The molecular weight excluding hydrogens is 158 g/mol. The monoisotopic (exact) mass is 173 g/mol. The second-order valence-corrected chi connectivity index (χ2v) is 2.91. The first-order valence-corrected chi connectivity index (χ1v) is 3.90. The summed E-state index contributed by atoms with van der Waals surface area (Å²) in [4.78, 5) is 22.5. The smallest absolute Gasteiger partial charge is 0.303 e. The van der Waals surface area contributed by atoms with Crippen LogP contribution in [0.3, 0.4) is 0 Å². The van der Waals surface area contributed by atoms with Crippen molar-refractivity contribution in [2.45, 2.75) is 32.7 Å². The fraction of sp³-hybridized carbons (Fsp3) is 0.750. The van der Waals surface area contributed by atoms with Crippen molar-refractivity contribution in [3.05, 3.63) is 0 Å². The van der Waals surface area contributed by atoms with Crippen LogP contribution in [0, 0.1) is 0 Å². The molecule has 1 amide bonds. The van der Waals surface area contributed by atoms with Crippen LogP contribution in [0.2, 0.25) is 0 Å². The normalized spacial score (nSPS) is 12.2. The molecule has 4 heteroatoms. The van der Waals surface area contributed by atoms with Gasteiger partial charge in [0.15, 0.2) is 0 Å². The van der Waals surface area contributed by atoms with E-state index in [9.17, 15) is 9.59 Å². The van der Waals surface area contributed by atoms with E-state index in [1.165, 1.54) is 6.92 Å². The van der Waals surface area contributed by atoms with Gasteiger partial charge >= 0.3 is 5.97 Å². The maximum Gasteiger partial charge on any atom is 0.303 e. The first-order chi connectivity index (χ1) is 5.45. The lowest BCUT2D eigenvalue weighted by atomic mass is 10.1. The Labute approximate surface area is 72.2 Å². The van der Waals surface area contributed by atoms with Crippen molar-refractivity contribution in [2.75, 3.05) is 7.05 Å². The zero-order chi connectivity index (χ0) is 9.72. The molecule has 1 N–H and O–H groups in total. The molecule has 0 fully saturated rings. The predicted molar refractivity (Wildman–Crippen MR) is 44.8 cm³/mol. The molecule has 70 valence electrons. The van der Waals surface area contributed by atoms with E-state index in [0.717, 1.165) is 0 Å². The molecule has 0 radical (unpaired) electrons. The van der Waals surface area contributed by atoms with Crippen molar-refractivity contribution in [1.82, 2.24) is 4.90 Å². The number of carboxylic acids is 1. The van der Waals surface area contributed by atoms with Gasteiger partial charge in [-0.15, -0.1) is 0 Å². The number of amides is 1. The Hall–Kier alpha value is -1.06. The van der Waals surface area contributed by atoms with Crippen LogP contribution >= 0.6 is 0 Å². The number of carbonyl (C=O) groups excluding carboxylic acids is 1. The van der Waals surface area contributed by atoms with E-state index in [-0.39, 0.29) is 18.4 Å². The highest BCUT2D eigenvalue weighted by Crippen LogP contribution is 2.04. The van der Waals surface area contributed by atoms with E-state index < -0.39 is 5.97 Å². The Balaban J connectivity index is 3.79. The second-order valence-electron chi connectivity index (χ2n) is 2.91. The second kappa shape index (κ2) is 4.74. The highest BCUT2D eigenvalue weighted by atomic mass is 16.4. The van der Waals surface area contributed by atoms with Crippen LogP contribution < -0.4 is 0 Å². The van der Waals surface area contributed by atoms with Gasteiger partial charge in [-0.25, -0.2) is 0 Å². The Morgan fingerprint density at radius 2 is 2.00 bits per heavy atom. The molecule has 0 aromatic carbocycles. The summed E-state index contributed by atoms with van der Waals surface area (Å²) in [7, 11) is 1.68. The first kappa shape index (κ1) is 10.9. The van der Waals surface area contributed by atoms with Gasteiger partial charge in [-0.3, -0.25) is 9.59 Å². The number of hydrogen-bond acceptors (Lipinski definition) is 2. The van der Waals surface area contributed by atoms with Crippen LogP contribution in [-0.2, 0) is 9.59 Å². The number of rotatable bonds is 4. The predicted octanol–water partition coefficient (Wildman–Crippen LogP) is 0.718. The lowest BCUT2D eigenvalue weighted by Crippen LogP contribution is -2.33. The van der Waals surface area contributed by atoms with Crippen molar-refractivity contribution in [2.24, 2.45) is 0 Å². The van der Waals surface area contributed by atoms with Crippen molar-refractivity contribution in [3.8, 4) is 0 Å². The van der Waals surface area contributed by atoms with Gasteiger partial charge in [-0.1, -0.05) is 0 Å². The van der Waals surface area contributed by atoms with Gasteiger partial charge in [0.25, 0.3) is 0 Å². The van der Waals surface area contributed by atoms with Gasteiger partial charge in [-0.2, -0.15) is 0 Å². The summed E-state index contributed by atoms with van der Waals surface area (Å²) in [6, 6.07) is -0.00130. The van der Waals surface area contributed by atoms with Crippen molar-refractivity contribution >= 4 is 11.9 Å². The minimum atomic E-state index is -0.821. The highest BCUT2D eigenvalue weighted by molar-refractivity contribution is 5.73. The van der Waals surface area contributed by atoms with Crippen LogP contribution in [0.4, 0.5) is 0 Å². The molecule has 1 unspecified atom stereocenters. The summed E-state index contributed by atoms with van der Waals surface area (Å²) in [5.41, 5.74) is 0. The van der Waals surface area contributed by atoms with Gasteiger partial charge in [0, 0.05) is 26.4 Å².